The van der Waals surface area contributed by atoms with E-state index in [0.29, 0.717) is 0 Å². The lowest BCUT2D eigenvalue weighted by molar-refractivity contribution is -0.385. The van der Waals surface area contributed by atoms with Crippen LogP contribution in [0.4, 0.5) is 17.1 Å². The molecule has 1 aliphatic carbocycles. The molecule has 1 aliphatic heterocycles. The number of nitro groups is 2. The summed E-state index contributed by atoms with van der Waals surface area (Å²) in [6, 6.07) is 9.82. The van der Waals surface area contributed by atoms with E-state index < -0.39 is 0 Å². The number of hydrogen-bond donors (Lipinski definition) is 1. The third kappa shape index (κ3) is 2.52. The summed E-state index contributed by atoms with van der Waals surface area (Å²) < 4.78 is 0. The minimum Gasteiger partial charge on any atom is -0.377 e. The summed E-state index contributed by atoms with van der Waals surface area (Å²) >= 11 is 0. The van der Waals surface area contributed by atoms with E-state index in [2.05, 4.69) is 17.5 Å². The third-order valence-corrected chi connectivity index (χ3v) is 5.30. The molecule has 0 fully saturated rings. The number of benzene rings is 2. The zero-order chi connectivity index (χ0) is 18.4. The van der Waals surface area contributed by atoms with Crippen molar-refractivity contribution in [2.75, 3.05) is 5.32 Å². The van der Waals surface area contributed by atoms with Crippen molar-refractivity contribution in [3.05, 3.63) is 85.5 Å². The smallest absolute Gasteiger partial charge is 0.270 e. The fraction of sp³-hybridized carbons (Fsp3) is 0.263. The molecule has 2 aromatic rings. The van der Waals surface area contributed by atoms with E-state index in [-0.39, 0.29) is 39.1 Å². The van der Waals surface area contributed by atoms with Crippen LogP contribution in [0.3, 0.4) is 0 Å². The highest BCUT2D eigenvalue weighted by molar-refractivity contribution is 5.67. The molecule has 0 saturated heterocycles. The molecular formula is C19H17N3O4. The molecule has 7 nitrogen and oxygen atoms in total. The highest BCUT2D eigenvalue weighted by Crippen LogP contribution is 2.51. The first-order valence-electron chi connectivity index (χ1n) is 8.42. The highest BCUT2D eigenvalue weighted by atomic mass is 16.6. The van der Waals surface area contributed by atoms with Crippen LogP contribution in [0.1, 0.15) is 35.1 Å². The van der Waals surface area contributed by atoms with Gasteiger partial charge in [0, 0.05) is 35.9 Å². The standard InChI is InChI=1S/C19H17N3O4/c1-11-8-14(22(25)26)10-17-15-6-3-7-16(15)19(20-18(11)17)12-4-2-5-13(9-12)21(23)24/h2-6,8-10,15-16,19-20H,7H2,1H3. The van der Waals surface area contributed by atoms with E-state index >= 15 is 0 Å². The second-order valence-corrected chi connectivity index (χ2v) is 6.81. The predicted molar refractivity (Wildman–Crippen MR) is 97.3 cm³/mol. The summed E-state index contributed by atoms with van der Waals surface area (Å²) in [4.78, 5) is 21.6. The lowest BCUT2D eigenvalue weighted by atomic mass is 9.76. The molecule has 3 unspecified atom stereocenters. The van der Waals surface area contributed by atoms with Crippen LogP contribution in [0.2, 0.25) is 0 Å². The van der Waals surface area contributed by atoms with Crippen molar-refractivity contribution >= 4 is 17.1 Å². The number of rotatable bonds is 3. The maximum Gasteiger partial charge on any atom is 0.270 e. The molecule has 7 heteroatoms. The van der Waals surface area contributed by atoms with Crippen LogP contribution in [0.15, 0.2) is 48.6 Å². The van der Waals surface area contributed by atoms with E-state index in [1.54, 1.807) is 24.3 Å². The Morgan fingerprint density at radius 1 is 1.08 bits per heavy atom. The summed E-state index contributed by atoms with van der Waals surface area (Å²) in [7, 11) is 0. The Labute approximate surface area is 149 Å². The normalized spacial score (nSPS) is 23.0. The number of nitrogens with zero attached hydrogens (tertiary/aromatic N) is 2. The van der Waals surface area contributed by atoms with E-state index in [9.17, 15) is 20.2 Å². The maximum absolute atomic E-state index is 11.2. The van der Waals surface area contributed by atoms with Crippen LogP contribution in [0, 0.1) is 33.1 Å². The number of allylic oxidation sites excluding steroid dienone is 2. The Morgan fingerprint density at radius 2 is 1.85 bits per heavy atom. The van der Waals surface area contributed by atoms with Gasteiger partial charge < -0.3 is 5.32 Å². The van der Waals surface area contributed by atoms with Crippen molar-refractivity contribution in [3.8, 4) is 0 Å². The van der Waals surface area contributed by atoms with Gasteiger partial charge >= 0.3 is 0 Å². The Bertz CT molecular complexity index is 954. The zero-order valence-corrected chi connectivity index (χ0v) is 14.1. The molecule has 132 valence electrons. The lowest BCUT2D eigenvalue weighted by Crippen LogP contribution is -2.29. The molecule has 3 atom stereocenters. The molecule has 4 rings (SSSR count). The fourth-order valence-corrected chi connectivity index (χ4v) is 4.13. The molecule has 0 amide bonds. The van der Waals surface area contributed by atoms with E-state index in [1.165, 1.54) is 6.07 Å². The van der Waals surface area contributed by atoms with Gasteiger partial charge in [0.2, 0.25) is 0 Å². The van der Waals surface area contributed by atoms with Crippen LogP contribution < -0.4 is 5.32 Å². The second-order valence-electron chi connectivity index (χ2n) is 6.81. The fourth-order valence-electron chi connectivity index (χ4n) is 4.13. The minimum absolute atomic E-state index is 0.0640. The van der Waals surface area contributed by atoms with Gasteiger partial charge in [-0.1, -0.05) is 24.3 Å². The van der Waals surface area contributed by atoms with Crippen molar-refractivity contribution < 1.29 is 9.85 Å². The van der Waals surface area contributed by atoms with Gasteiger partial charge in [0.05, 0.1) is 15.9 Å². The van der Waals surface area contributed by atoms with E-state index in [4.69, 9.17) is 0 Å². The topological polar surface area (TPSA) is 98.3 Å². The molecular weight excluding hydrogens is 334 g/mol. The van der Waals surface area contributed by atoms with Gasteiger partial charge in [-0.2, -0.15) is 0 Å². The molecule has 2 aliphatic rings. The van der Waals surface area contributed by atoms with E-state index in [0.717, 1.165) is 28.8 Å². The second kappa shape index (κ2) is 5.94. The molecule has 1 N–H and O–H groups in total. The lowest BCUT2D eigenvalue weighted by Gasteiger charge is -2.38. The molecule has 1 heterocycles. The summed E-state index contributed by atoms with van der Waals surface area (Å²) in [5, 5.41) is 25.8. The van der Waals surface area contributed by atoms with Crippen LogP contribution in [-0.4, -0.2) is 9.85 Å². The first kappa shape index (κ1) is 16.3. The Morgan fingerprint density at radius 3 is 2.58 bits per heavy atom. The van der Waals surface area contributed by atoms with E-state index in [1.807, 2.05) is 13.0 Å². The molecule has 26 heavy (non-hydrogen) atoms. The van der Waals surface area contributed by atoms with Crippen LogP contribution in [0.25, 0.3) is 0 Å². The van der Waals surface area contributed by atoms with Crippen LogP contribution >= 0.6 is 0 Å². The first-order chi connectivity index (χ1) is 12.5. The van der Waals surface area contributed by atoms with Gasteiger partial charge in [-0.15, -0.1) is 0 Å². The molecule has 0 spiro atoms. The first-order valence-corrected chi connectivity index (χ1v) is 8.42. The molecule has 0 radical (unpaired) electrons. The molecule has 2 aromatic carbocycles. The summed E-state index contributed by atoms with van der Waals surface area (Å²) in [5.74, 6) is 0.236. The Balaban J connectivity index is 1.81. The summed E-state index contributed by atoms with van der Waals surface area (Å²) in [6.07, 6.45) is 5.01. The number of fused-ring (bicyclic) bond motifs is 3. The van der Waals surface area contributed by atoms with Gasteiger partial charge in [-0.3, -0.25) is 20.2 Å². The third-order valence-electron chi connectivity index (χ3n) is 5.30. The largest absolute Gasteiger partial charge is 0.377 e. The molecule has 0 aromatic heterocycles. The van der Waals surface area contributed by atoms with Crippen LogP contribution in [-0.2, 0) is 0 Å². The molecule has 0 bridgehead atoms. The maximum atomic E-state index is 11.2. The number of aryl methyl sites for hydroxylation is 1. The highest BCUT2D eigenvalue weighted by Gasteiger charge is 2.39. The average Bonchev–Trinajstić information content (AvgIpc) is 3.11. The van der Waals surface area contributed by atoms with Crippen molar-refractivity contribution in [1.29, 1.82) is 0 Å². The van der Waals surface area contributed by atoms with Crippen LogP contribution in [0.5, 0.6) is 0 Å². The zero-order valence-electron chi connectivity index (χ0n) is 14.1. The number of nitrogens with one attached hydrogen (secondary N) is 1. The summed E-state index contributed by atoms with van der Waals surface area (Å²) in [6.45, 7) is 1.85. The Hall–Kier alpha value is -3.22. The van der Waals surface area contributed by atoms with Crippen molar-refractivity contribution in [1.82, 2.24) is 0 Å². The quantitative estimate of drug-likeness (QED) is 0.493. The van der Waals surface area contributed by atoms with Crippen molar-refractivity contribution in [3.63, 3.8) is 0 Å². The average molecular weight is 351 g/mol. The number of hydrogen-bond acceptors (Lipinski definition) is 5. The predicted octanol–water partition coefficient (Wildman–Crippen LogP) is 4.64. The Kier molecular flexibility index (Phi) is 3.72. The van der Waals surface area contributed by atoms with Gasteiger partial charge in [0.1, 0.15) is 0 Å². The monoisotopic (exact) mass is 351 g/mol. The number of nitro benzene ring substituents is 2. The summed E-state index contributed by atoms with van der Waals surface area (Å²) in [5.41, 5.74) is 3.65. The van der Waals surface area contributed by atoms with Gasteiger partial charge in [-0.25, -0.2) is 0 Å². The van der Waals surface area contributed by atoms with Gasteiger partial charge in [-0.05, 0) is 36.0 Å². The molecule has 0 saturated carbocycles. The van der Waals surface area contributed by atoms with Crippen molar-refractivity contribution in [2.24, 2.45) is 5.92 Å². The number of anilines is 1. The number of non-ortho nitro benzene ring substituents is 2. The SMILES string of the molecule is Cc1cc([N+](=O)[O-])cc2c1NC(c1cccc([N+](=O)[O-])c1)C1CC=CC21. The van der Waals surface area contributed by atoms with Crippen molar-refractivity contribution in [2.45, 2.75) is 25.3 Å². The van der Waals surface area contributed by atoms with Gasteiger partial charge in [0.15, 0.2) is 0 Å². The van der Waals surface area contributed by atoms with Gasteiger partial charge in [0.25, 0.3) is 11.4 Å². The minimum atomic E-state index is -0.390.